The summed E-state index contributed by atoms with van der Waals surface area (Å²) in [5.41, 5.74) is 1.73. The Bertz CT molecular complexity index is 665. The normalized spacial score (nSPS) is 14.5. The number of hydrogen-bond donors (Lipinski definition) is 1. The molecule has 1 N–H and O–H groups in total. The van der Waals surface area contributed by atoms with Crippen LogP contribution in [0.25, 0.3) is 0 Å². The lowest BCUT2D eigenvalue weighted by Gasteiger charge is -2.10. The second-order valence-electron chi connectivity index (χ2n) is 5.32. The van der Waals surface area contributed by atoms with E-state index < -0.39 is 11.6 Å². The van der Waals surface area contributed by atoms with Gasteiger partial charge in [0.05, 0.1) is 11.3 Å². The first-order valence-corrected chi connectivity index (χ1v) is 6.93. The van der Waals surface area contributed by atoms with Gasteiger partial charge in [-0.15, -0.1) is 0 Å². The van der Waals surface area contributed by atoms with Gasteiger partial charge in [-0.05, 0) is 31.9 Å². The Morgan fingerprint density at radius 2 is 2.14 bits per heavy atom. The van der Waals surface area contributed by atoms with Crippen LogP contribution < -0.4 is 10.1 Å². The van der Waals surface area contributed by atoms with Gasteiger partial charge in [-0.3, -0.25) is 0 Å². The van der Waals surface area contributed by atoms with Crippen molar-refractivity contribution in [2.45, 2.75) is 32.4 Å². The van der Waals surface area contributed by atoms with Crippen molar-refractivity contribution in [3.63, 3.8) is 0 Å². The van der Waals surface area contributed by atoms with Crippen LogP contribution in [0.1, 0.15) is 24.1 Å². The van der Waals surface area contributed by atoms with Gasteiger partial charge in [-0.2, -0.15) is 5.10 Å². The Morgan fingerprint density at radius 3 is 2.81 bits per heavy atom. The lowest BCUT2D eigenvalue weighted by Crippen LogP contribution is -2.16. The summed E-state index contributed by atoms with van der Waals surface area (Å²) >= 11 is 0. The second kappa shape index (κ2) is 5.44. The number of hydrogen-bond acceptors (Lipinski definition) is 3. The number of halogens is 2. The van der Waals surface area contributed by atoms with E-state index in [1.165, 1.54) is 25.0 Å². The second-order valence-corrected chi connectivity index (χ2v) is 5.32. The molecule has 1 saturated carbocycles. The van der Waals surface area contributed by atoms with Crippen LogP contribution in [0.15, 0.2) is 18.2 Å². The Balaban J connectivity index is 1.86. The lowest BCUT2D eigenvalue weighted by atomic mass is 10.2. The lowest BCUT2D eigenvalue weighted by molar-refractivity contribution is 0.395. The molecule has 0 aliphatic heterocycles. The number of nitrogens with zero attached hydrogens (tertiary/aromatic N) is 2. The van der Waals surface area contributed by atoms with Crippen molar-refractivity contribution in [2.75, 3.05) is 0 Å². The molecular weight excluding hydrogens is 276 g/mol. The van der Waals surface area contributed by atoms with Crippen molar-refractivity contribution in [1.29, 1.82) is 0 Å². The van der Waals surface area contributed by atoms with Crippen molar-refractivity contribution < 1.29 is 13.5 Å². The van der Waals surface area contributed by atoms with E-state index in [2.05, 4.69) is 10.4 Å². The van der Waals surface area contributed by atoms with Crippen LogP contribution in [0, 0.1) is 18.6 Å². The molecular formula is C15H17F2N3O. The Hall–Kier alpha value is -1.95. The summed E-state index contributed by atoms with van der Waals surface area (Å²) in [4.78, 5) is 0. The number of nitrogens with one attached hydrogen (secondary N) is 1. The summed E-state index contributed by atoms with van der Waals surface area (Å²) in [6.07, 6.45) is 2.37. The first kappa shape index (κ1) is 14.0. The zero-order valence-electron chi connectivity index (χ0n) is 12.0. The Labute approximate surface area is 121 Å². The van der Waals surface area contributed by atoms with Crippen molar-refractivity contribution in [3.05, 3.63) is 41.1 Å². The van der Waals surface area contributed by atoms with Gasteiger partial charge in [0.2, 0.25) is 5.88 Å². The molecule has 0 saturated heterocycles. The third-order valence-electron chi connectivity index (χ3n) is 3.53. The number of aromatic nitrogens is 2. The van der Waals surface area contributed by atoms with Crippen LogP contribution in [0.3, 0.4) is 0 Å². The molecule has 112 valence electrons. The third kappa shape index (κ3) is 3.05. The van der Waals surface area contributed by atoms with Gasteiger partial charge in [0, 0.05) is 25.7 Å². The molecule has 0 atom stereocenters. The summed E-state index contributed by atoms with van der Waals surface area (Å²) < 4.78 is 33.9. The van der Waals surface area contributed by atoms with E-state index in [1.54, 1.807) is 11.7 Å². The zero-order valence-corrected chi connectivity index (χ0v) is 12.0. The fourth-order valence-corrected chi connectivity index (χ4v) is 2.21. The standard InChI is InChI=1S/C15H17F2N3O/c1-9-12(8-18-11-4-5-11)15(20(2)19-9)21-14-6-3-10(16)7-13(14)17/h3,6-7,11,18H,4-5,8H2,1-2H3. The molecule has 0 amide bonds. The first-order chi connectivity index (χ1) is 10.0. The van der Waals surface area contributed by atoms with E-state index in [-0.39, 0.29) is 5.75 Å². The van der Waals surface area contributed by atoms with Crippen LogP contribution in [0.2, 0.25) is 0 Å². The minimum atomic E-state index is -0.727. The molecule has 0 bridgehead atoms. The average Bonchev–Trinajstić information content (AvgIpc) is 3.19. The van der Waals surface area contributed by atoms with E-state index in [0.29, 0.717) is 18.5 Å². The van der Waals surface area contributed by atoms with E-state index in [4.69, 9.17) is 4.74 Å². The quantitative estimate of drug-likeness (QED) is 0.921. The largest absolute Gasteiger partial charge is 0.436 e. The summed E-state index contributed by atoms with van der Waals surface area (Å²) in [5.74, 6) is -0.884. The van der Waals surface area contributed by atoms with Crippen LogP contribution in [-0.2, 0) is 13.6 Å². The van der Waals surface area contributed by atoms with Crippen molar-refractivity contribution in [3.8, 4) is 11.6 Å². The van der Waals surface area contributed by atoms with Crippen LogP contribution in [0.5, 0.6) is 11.6 Å². The summed E-state index contributed by atoms with van der Waals surface area (Å²) in [6.45, 7) is 2.51. The number of benzene rings is 1. The molecule has 21 heavy (non-hydrogen) atoms. The van der Waals surface area contributed by atoms with E-state index in [0.717, 1.165) is 17.3 Å². The molecule has 1 aliphatic carbocycles. The van der Waals surface area contributed by atoms with E-state index in [9.17, 15) is 8.78 Å². The van der Waals surface area contributed by atoms with Gasteiger partial charge in [-0.25, -0.2) is 13.5 Å². The van der Waals surface area contributed by atoms with E-state index >= 15 is 0 Å². The van der Waals surface area contributed by atoms with Gasteiger partial charge < -0.3 is 10.1 Å². The minimum absolute atomic E-state index is 0.00734. The maximum absolute atomic E-state index is 13.7. The molecule has 1 fully saturated rings. The summed E-state index contributed by atoms with van der Waals surface area (Å²) in [5, 5.41) is 7.70. The molecule has 6 heteroatoms. The van der Waals surface area contributed by atoms with Crippen LogP contribution >= 0.6 is 0 Å². The smallest absolute Gasteiger partial charge is 0.222 e. The van der Waals surface area contributed by atoms with Crippen molar-refractivity contribution in [2.24, 2.45) is 7.05 Å². The summed E-state index contributed by atoms with van der Waals surface area (Å²) in [6, 6.07) is 3.82. The molecule has 0 radical (unpaired) electrons. The highest BCUT2D eigenvalue weighted by molar-refractivity contribution is 5.36. The molecule has 2 aromatic rings. The first-order valence-electron chi connectivity index (χ1n) is 6.93. The number of rotatable bonds is 5. The molecule has 1 heterocycles. The molecule has 0 spiro atoms. The molecule has 1 aromatic heterocycles. The monoisotopic (exact) mass is 293 g/mol. The highest BCUT2D eigenvalue weighted by atomic mass is 19.1. The average molecular weight is 293 g/mol. The number of aryl methyl sites for hydroxylation is 2. The van der Waals surface area contributed by atoms with E-state index in [1.807, 2.05) is 6.92 Å². The van der Waals surface area contributed by atoms with Gasteiger partial charge in [0.1, 0.15) is 5.82 Å². The van der Waals surface area contributed by atoms with Crippen LogP contribution in [0.4, 0.5) is 8.78 Å². The topological polar surface area (TPSA) is 39.1 Å². The fourth-order valence-electron chi connectivity index (χ4n) is 2.21. The molecule has 3 rings (SSSR count). The third-order valence-corrected chi connectivity index (χ3v) is 3.53. The van der Waals surface area contributed by atoms with Gasteiger partial charge in [-0.1, -0.05) is 0 Å². The summed E-state index contributed by atoms with van der Waals surface area (Å²) in [7, 11) is 1.74. The molecule has 4 nitrogen and oxygen atoms in total. The predicted octanol–water partition coefficient (Wildman–Crippen LogP) is 3.05. The Kier molecular flexibility index (Phi) is 3.63. The van der Waals surface area contributed by atoms with Gasteiger partial charge in [0.25, 0.3) is 0 Å². The maximum atomic E-state index is 13.7. The van der Waals surface area contributed by atoms with Gasteiger partial charge in [0.15, 0.2) is 11.6 Å². The van der Waals surface area contributed by atoms with Crippen molar-refractivity contribution in [1.82, 2.24) is 15.1 Å². The molecule has 1 aliphatic rings. The van der Waals surface area contributed by atoms with Crippen molar-refractivity contribution >= 4 is 0 Å². The Morgan fingerprint density at radius 1 is 1.38 bits per heavy atom. The zero-order chi connectivity index (χ0) is 15.0. The predicted molar refractivity (Wildman–Crippen MR) is 74.2 cm³/mol. The highest BCUT2D eigenvalue weighted by Gasteiger charge is 2.23. The minimum Gasteiger partial charge on any atom is -0.436 e. The fraction of sp³-hybridized carbons (Fsp3) is 0.400. The molecule has 1 aromatic carbocycles. The molecule has 0 unspecified atom stereocenters. The maximum Gasteiger partial charge on any atom is 0.222 e. The SMILES string of the molecule is Cc1nn(C)c(Oc2ccc(F)cc2F)c1CNC1CC1. The van der Waals surface area contributed by atoms with Crippen LogP contribution in [-0.4, -0.2) is 15.8 Å². The number of ether oxygens (including phenoxy) is 1. The highest BCUT2D eigenvalue weighted by Crippen LogP contribution is 2.30. The van der Waals surface area contributed by atoms with Gasteiger partial charge >= 0.3 is 0 Å².